The quantitative estimate of drug-likeness (QED) is 0.762. The first-order valence-corrected chi connectivity index (χ1v) is 6.50. The highest BCUT2D eigenvalue weighted by molar-refractivity contribution is 5.52. The molecule has 1 aromatic carbocycles. The molecule has 3 rings (SSSR count). The van der Waals surface area contributed by atoms with Gasteiger partial charge >= 0.3 is 0 Å². The molecule has 1 atom stereocenters. The number of nitrogens with zero attached hydrogens (tertiary/aromatic N) is 3. The first-order valence-electron chi connectivity index (χ1n) is 6.50. The molecule has 0 aliphatic rings. The lowest BCUT2D eigenvalue weighted by molar-refractivity contribution is 0.414. The van der Waals surface area contributed by atoms with Crippen molar-refractivity contribution in [2.24, 2.45) is 5.73 Å². The number of H-pyrrole nitrogens is 1. The summed E-state index contributed by atoms with van der Waals surface area (Å²) in [6, 6.07) is 10.9. The van der Waals surface area contributed by atoms with E-state index in [-0.39, 0.29) is 6.04 Å². The van der Waals surface area contributed by atoms with Crippen LogP contribution in [0.25, 0.3) is 11.4 Å². The normalized spacial score (nSPS) is 12.1. The maximum absolute atomic E-state index is 6.21. The number of methoxy groups -OCH3 is 1. The third-order valence-corrected chi connectivity index (χ3v) is 3.19. The van der Waals surface area contributed by atoms with Crippen molar-refractivity contribution in [2.45, 2.75) is 6.04 Å². The number of ether oxygens (including phenoxy) is 1. The van der Waals surface area contributed by atoms with Crippen molar-refractivity contribution < 1.29 is 4.74 Å². The largest absolute Gasteiger partial charge is 0.497 e. The van der Waals surface area contributed by atoms with Gasteiger partial charge in [0.05, 0.1) is 13.2 Å². The first-order chi connectivity index (χ1) is 10.3. The van der Waals surface area contributed by atoms with Gasteiger partial charge in [0, 0.05) is 18.0 Å². The molecule has 0 radical (unpaired) electrons. The van der Waals surface area contributed by atoms with E-state index in [9.17, 15) is 0 Å². The summed E-state index contributed by atoms with van der Waals surface area (Å²) in [7, 11) is 1.63. The molecular formula is C15H15N5O. The second-order valence-corrected chi connectivity index (χ2v) is 4.54. The van der Waals surface area contributed by atoms with Crippen LogP contribution >= 0.6 is 0 Å². The molecule has 2 aromatic heterocycles. The van der Waals surface area contributed by atoms with Gasteiger partial charge in [-0.15, -0.1) is 0 Å². The summed E-state index contributed by atoms with van der Waals surface area (Å²) in [6.07, 6.45) is 3.42. The zero-order chi connectivity index (χ0) is 14.7. The topological polar surface area (TPSA) is 89.7 Å². The average Bonchev–Trinajstić information content (AvgIpc) is 3.05. The van der Waals surface area contributed by atoms with Crippen LogP contribution in [0.5, 0.6) is 5.75 Å². The lowest BCUT2D eigenvalue weighted by Crippen LogP contribution is -2.13. The molecule has 0 amide bonds. The summed E-state index contributed by atoms with van der Waals surface area (Å²) < 4.78 is 5.13. The summed E-state index contributed by atoms with van der Waals surface area (Å²) >= 11 is 0. The number of hydrogen-bond acceptors (Lipinski definition) is 5. The summed E-state index contributed by atoms with van der Waals surface area (Å²) in [5.74, 6) is 1.99. The van der Waals surface area contributed by atoms with Gasteiger partial charge in [-0.2, -0.15) is 5.10 Å². The number of benzene rings is 1. The Balaban J connectivity index is 1.85. The molecule has 6 heteroatoms. The highest BCUT2D eigenvalue weighted by atomic mass is 16.5. The molecule has 6 nitrogen and oxygen atoms in total. The van der Waals surface area contributed by atoms with E-state index in [0.29, 0.717) is 11.6 Å². The number of hydrogen-bond donors (Lipinski definition) is 2. The van der Waals surface area contributed by atoms with Crippen LogP contribution in [0, 0.1) is 0 Å². The van der Waals surface area contributed by atoms with E-state index in [2.05, 4.69) is 20.2 Å². The van der Waals surface area contributed by atoms with Gasteiger partial charge in [-0.05, 0) is 29.8 Å². The number of pyridine rings is 1. The van der Waals surface area contributed by atoms with E-state index < -0.39 is 0 Å². The van der Waals surface area contributed by atoms with E-state index in [0.717, 1.165) is 16.9 Å². The molecule has 21 heavy (non-hydrogen) atoms. The van der Waals surface area contributed by atoms with Crippen molar-refractivity contribution in [3.63, 3.8) is 0 Å². The van der Waals surface area contributed by atoms with Crippen LogP contribution in [0.15, 0.2) is 48.8 Å². The molecular weight excluding hydrogens is 266 g/mol. The summed E-state index contributed by atoms with van der Waals surface area (Å²) in [6.45, 7) is 0. The number of aromatic amines is 1. The van der Waals surface area contributed by atoms with Crippen LogP contribution in [0.2, 0.25) is 0 Å². The smallest absolute Gasteiger partial charge is 0.182 e. The van der Waals surface area contributed by atoms with Crippen molar-refractivity contribution >= 4 is 0 Å². The minimum absolute atomic E-state index is 0.367. The van der Waals surface area contributed by atoms with Crippen molar-refractivity contribution in [2.75, 3.05) is 7.11 Å². The first kappa shape index (κ1) is 13.3. The van der Waals surface area contributed by atoms with Gasteiger partial charge in [0.15, 0.2) is 5.82 Å². The monoisotopic (exact) mass is 281 g/mol. The van der Waals surface area contributed by atoms with Crippen LogP contribution in [0.4, 0.5) is 0 Å². The van der Waals surface area contributed by atoms with Crippen LogP contribution in [0.3, 0.4) is 0 Å². The van der Waals surface area contributed by atoms with Gasteiger partial charge in [-0.1, -0.05) is 12.1 Å². The van der Waals surface area contributed by atoms with Gasteiger partial charge in [-0.3, -0.25) is 10.1 Å². The predicted octanol–water partition coefficient (Wildman–Crippen LogP) is 1.92. The lowest BCUT2D eigenvalue weighted by atomic mass is 10.1. The molecule has 3 aromatic rings. The minimum Gasteiger partial charge on any atom is -0.497 e. The Labute approximate surface area is 122 Å². The highest BCUT2D eigenvalue weighted by Crippen LogP contribution is 2.21. The number of rotatable bonds is 4. The molecule has 0 bridgehead atoms. The fourth-order valence-electron chi connectivity index (χ4n) is 2.01. The van der Waals surface area contributed by atoms with Gasteiger partial charge in [0.1, 0.15) is 11.6 Å². The molecule has 0 aliphatic carbocycles. The molecule has 0 saturated carbocycles. The predicted molar refractivity (Wildman–Crippen MR) is 78.6 cm³/mol. The Morgan fingerprint density at radius 3 is 2.67 bits per heavy atom. The second-order valence-electron chi connectivity index (χ2n) is 4.54. The summed E-state index contributed by atoms with van der Waals surface area (Å²) in [5.41, 5.74) is 7.99. The molecule has 0 saturated heterocycles. The van der Waals surface area contributed by atoms with E-state index in [4.69, 9.17) is 10.5 Å². The van der Waals surface area contributed by atoms with E-state index in [1.807, 2.05) is 36.4 Å². The lowest BCUT2D eigenvalue weighted by Gasteiger charge is -2.09. The van der Waals surface area contributed by atoms with Crippen LogP contribution in [-0.2, 0) is 0 Å². The highest BCUT2D eigenvalue weighted by Gasteiger charge is 2.14. The average molecular weight is 281 g/mol. The molecule has 0 spiro atoms. The molecule has 0 unspecified atom stereocenters. The Hall–Kier alpha value is -2.73. The molecule has 106 valence electrons. The van der Waals surface area contributed by atoms with E-state index in [1.165, 1.54) is 0 Å². The van der Waals surface area contributed by atoms with Crippen molar-refractivity contribution in [1.82, 2.24) is 20.2 Å². The van der Waals surface area contributed by atoms with Gasteiger partial charge in [-0.25, -0.2) is 4.98 Å². The second kappa shape index (κ2) is 5.72. The Bertz CT molecular complexity index is 708. The summed E-state index contributed by atoms with van der Waals surface area (Å²) in [4.78, 5) is 8.49. The Kier molecular flexibility index (Phi) is 3.61. The SMILES string of the molecule is COc1ccc([C@H](N)c2nc(-c3cccnc3)n[nH]2)cc1. The molecule has 2 heterocycles. The van der Waals surface area contributed by atoms with Crippen molar-refractivity contribution in [1.29, 1.82) is 0 Å². The van der Waals surface area contributed by atoms with E-state index >= 15 is 0 Å². The van der Waals surface area contributed by atoms with Crippen LogP contribution in [0.1, 0.15) is 17.4 Å². The standard InChI is InChI=1S/C15H15N5O/c1-21-12-6-4-10(5-7-12)13(16)15-18-14(19-20-15)11-3-2-8-17-9-11/h2-9,13H,16H2,1H3,(H,18,19,20)/t13-/m0/s1. The third-order valence-electron chi connectivity index (χ3n) is 3.19. The molecule has 0 aliphatic heterocycles. The molecule has 0 fully saturated rings. The Morgan fingerprint density at radius 2 is 2.00 bits per heavy atom. The van der Waals surface area contributed by atoms with Gasteiger partial charge in [0.25, 0.3) is 0 Å². The maximum atomic E-state index is 6.21. The number of nitrogens with one attached hydrogen (secondary N) is 1. The van der Waals surface area contributed by atoms with Crippen LogP contribution in [-0.4, -0.2) is 27.3 Å². The molecule has 3 N–H and O–H groups in total. The summed E-state index contributed by atoms with van der Waals surface area (Å²) in [5, 5.41) is 7.07. The third kappa shape index (κ3) is 2.75. The number of nitrogens with two attached hydrogens (primary N) is 1. The van der Waals surface area contributed by atoms with Crippen molar-refractivity contribution in [3.05, 3.63) is 60.2 Å². The van der Waals surface area contributed by atoms with Gasteiger partial charge < -0.3 is 10.5 Å². The van der Waals surface area contributed by atoms with E-state index in [1.54, 1.807) is 19.5 Å². The fraction of sp³-hybridized carbons (Fsp3) is 0.133. The van der Waals surface area contributed by atoms with Crippen molar-refractivity contribution in [3.8, 4) is 17.1 Å². The fourth-order valence-corrected chi connectivity index (χ4v) is 2.01. The van der Waals surface area contributed by atoms with Gasteiger partial charge in [0.2, 0.25) is 0 Å². The minimum atomic E-state index is -0.367. The van der Waals surface area contributed by atoms with Crippen LogP contribution < -0.4 is 10.5 Å². The zero-order valence-corrected chi connectivity index (χ0v) is 11.5. The Morgan fingerprint density at radius 1 is 1.19 bits per heavy atom. The number of aromatic nitrogens is 4. The zero-order valence-electron chi connectivity index (χ0n) is 11.5. The maximum Gasteiger partial charge on any atom is 0.182 e.